The zero-order valence-electron chi connectivity index (χ0n) is 8.94. The fourth-order valence-electron chi connectivity index (χ4n) is 1.51. The Balaban J connectivity index is 2.43. The molecule has 18 heavy (non-hydrogen) atoms. The van der Waals surface area contributed by atoms with Gasteiger partial charge in [0.1, 0.15) is 0 Å². The molecule has 1 aromatic rings. The van der Waals surface area contributed by atoms with E-state index in [-0.39, 0.29) is 16.2 Å². The third-order valence-corrected chi connectivity index (χ3v) is 2.92. The van der Waals surface area contributed by atoms with Gasteiger partial charge < -0.3 is 0 Å². The summed E-state index contributed by atoms with van der Waals surface area (Å²) in [5, 5.41) is 0.527. The lowest BCUT2D eigenvalue weighted by Gasteiger charge is -2.07. The van der Waals surface area contributed by atoms with Gasteiger partial charge in [-0.25, -0.2) is 0 Å². The van der Waals surface area contributed by atoms with Crippen LogP contribution in [0.15, 0.2) is 42.0 Å². The van der Waals surface area contributed by atoms with Crippen molar-refractivity contribution >= 4 is 40.6 Å². The van der Waals surface area contributed by atoms with Gasteiger partial charge in [-0.3, -0.25) is 14.4 Å². The molecule has 0 unspecified atom stereocenters. The molecular formula is C13H6Cl2O3. The summed E-state index contributed by atoms with van der Waals surface area (Å²) in [5.74, 6) is -1.49. The zero-order chi connectivity index (χ0) is 13.3. The van der Waals surface area contributed by atoms with Gasteiger partial charge in [0, 0.05) is 16.7 Å². The Morgan fingerprint density at radius 3 is 2.44 bits per heavy atom. The minimum atomic E-state index is -0.584. The monoisotopic (exact) mass is 280 g/mol. The molecule has 0 fully saturated rings. The van der Waals surface area contributed by atoms with Crippen molar-refractivity contribution in [2.24, 2.45) is 0 Å². The van der Waals surface area contributed by atoms with E-state index >= 15 is 0 Å². The molecule has 0 heterocycles. The molecule has 0 aliphatic heterocycles. The van der Waals surface area contributed by atoms with Gasteiger partial charge in [0.25, 0.3) is 0 Å². The average Bonchev–Trinajstić information content (AvgIpc) is 2.31. The van der Waals surface area contributed by atoms with Crippen LogP contribution in [0.25, 0.3) is 0 Å². The molecule has 0 N–H and O–H groups in total. The first-order chi connectivity index (χ1) is 8.49. The third-order valence-electron chi connectivity index (χ3n) is 2.37. The zero-order valence-corrected chi connectivity index (χ0v) is 10.5. The SMILES string of the molecule is O=C1C=CC(=O)C(C(=O)c2ccc(Cl)cc2Cl)=C1. The van der Waals surface area contributed by atoms with Gasteiger partial charge >= 0.3 is 0 Å². The van der Waals surface area contributed by atoms with Crippen LogP contribution in [0.4, 0.5) is 0 Å². The second kappa shape index (κ2) is 4.88. The molecule has 2 rings (SSSR count). The van der Waals surface area contributed by atoms with Gasteiger partial charge in [-0.1, -0.05) is 23.2 Å². The molecule has 0 aromatic heterocycles. The van der Waals surface area contributed by atoms with E-state index in [0.29, 0.717) is 5.02 Å². The molecule has 0 saturated carbocycles. The summed E-state index contributed by atoms with van der Waals surface area (Å²) in [6, 6.07) is 4.32. The highest BCUT2D eigenvalue weighted by atomic mass is 35.5. The van der Waals surface area contributed by atoms with Crippen LogP contribution in [-0.4, -0.2) is 17.3 Å². The minimum absolute atomic E-state index is 0.142. The molecule has 5 heteroatoms. The highest BCUT2D eigenvalue weighted by Gasteiger charge is 2.23. The summed E-state index contributed by atoms with van der Waals surface area (Å²) >= 11 is 11.6. The first-order valence-electron chi connectivity index (χ1n) is 4.97. The fraction of sp³-hybridized carbons (Fsp3) is 0. The Labute approximate surface area is 113 Å². The van der Waals surface area contributed by atoms with E-state index in [4.69, 9.17) is 23.2 Å². The summed E-state index contributed by atoms with van der Waals surface area (Å²) in [6.07, 6.45) is 3.19. The maximum absolute atomic E-state index is 12.1. The number of carbonyl (C=O) groups is 3. The number of benzene rings is 1. The molecular weight excluding hydrogens is 275 g/mol. The Morgan fingerprint density at radius 1 is 1.06 bits per heavy atom. The molecule has 1 aliphatic carbocycles. The number of allylic oxidation sites excluding steroid dienone is 4. The van der Waals surface area contributed by atoms with Crippen LogP contribution in [-0.2, 0) is 9.59 Å². The lowest BCUT2D eigenvalue weighted by molar-refractivity contribution is -0.114. The summed E-state index contributed by atoms with van der Waals surface area (Å²) in [5.41, 5.74) is -0.0458. The molecule has 0 radical (unpaired) electrons. The molecule has 0 spiro atoms. The van der Waals surface area contributed by atoms with Gasteiger partial charge in [-0.05, 0) is 30.4 Å². The van der Waals surface area contributed by atoms with E-state index in [1.807, 2.05) is 0 Å². The number of ketones is 3. The van der Waals surface area contributed by atoms with E-state index in [9.17, 15) is 14.4 Å². The van der Waals surface area contributed by atoms with E-state index in [1.165, 1.54) is 18.2 Å². The van der Waals surface area contributed by atoms with Gasteiger partial charge in [0.15, 0.2) is 17.3 Å². The summed E-state index contributed by atoms with van der Waals surface area (Å²) in [6.45, 7) is 0. The van der Waals surface area contributed by atoms with Crippen molar-refractivity contribution in [3.63, 3.8) is 0 Å². The predicted molar refractivity (Wildman–Crippen MR) is 68.0 cm³/mol. The number of hydrogen-bond acceptors (Lipinski definition) is 3. The first-order valence-corrected chi connectivity index (χ1v) is 5.72. The lowest BCUT2D eigenvalue weighted by Crippen LogP contribution is -2.16. The average molecular weight is 281 g/mol. The van der Waals surface area contributed by atoms with Gasteiger partial charge in [0.05, 0.1) is 10.6 Å². The van der Waals surface area contributed by atoms with Crippen molar-refractivity contribution in [3.8, 4) is 0 Å². The van der Waals surface area contributed by atoms with Crippen LogP contribution in [0.5, 0.6) is 0 Å². The Kier molecular flexibility index (Phi) is 3.45. The van der Waals surface area contributed by atoms with E-state index in [2.05, 4.69) is 0 Å². The van der Waals surface area contributed by atoms with Crippen LogP contribution in [0.3, 0.4) is 0 Å². The standard InChI is InChI=1S/C13H6Cl2O3/c14-7-1-3-9(11(15)5-7)13(18)10-6-8(16)2-4-12(10)17/h1-6H. The third kappa shape index (κ3) is 2.42. The van der Waals surface area contributed by atoms with Crippen LogP contribution in [0.1, 0.15) is 10.4 Å². The molecule has 0 atom stereocenters. The molecule has 90 valence electrons. The predicted octanol–water partition coefficient (Wildman–Crippen LogP) is 2.81. The van der Waals surface area contributed by atoms with Crippen molar-refractivity contribution in [3.05, 3.63) is 57.6 Å². The lowest BCUT2D eigenvalue weighted by atomic mass is 9.95. The van der Waals surface area contributed by atoms with Crippen LogP contribution >= 0.6 is 23.2 Å². The second-order valence-corrected chi connectivity index (χ2v) is 4.45. The van der Waals surface area contributed by atoms with E-state index in [0.717, 1.165) is 18.2 Å². The Bertz CT molecular complexity index is 627. The smallest absolute Gasteiger partial charge is 0.198 e. The van der Waals surface area contributed by atoms with Crippen molar-refractivity contribution in [2.45, 2.75) is 0 Å². The normalized spacial score (nSPS) is 14.7. The molecule has 0 bridgehead atoms. The largest absolute Gasteiger partial charge is 0.290 e. The van der Waals surface area contributed by atoms with E-state index < -0.39 is 17.3 Å². The summed E-state index contributed by atoms with van der Waals surface area (Å²) < 4.78 is 0. The van der Waals surface area contributed by atoms with Crippen LogP contribution in [0.2, 0.25) is 10.0 Å². The topological polar surface area (TPSA) is 51.2 Å². The maximum Gasteiger partial charge on any atom is 0.198 e. The van der Waals surface area contributed by atoms with E-state index in [1.54, 1.807) is 0 Å². The number of hydrogen-bond donors (Lipinski definition) is 0. The molecule has 0 amide bonds. The van der Waals surface area contributed by atoms with Gasteiger partial charge in [0.2, 0.25) is 0 Å². The highest BCUT2D eigenvalue weighted by molar-refractivity contribution is 6.41. The van der Waals surface area contributed by atoms with Crippen molar-refractivity contribution in [1.82, 2.24) is 0 Å². The second-order valence-electron chi connectivity index (χ2n) is 3.61. The highest BCUT2D eigenvalue weighted by Crippen LogP contribution is 2.24. The fourth-order valence-corrected chi connectivity index (χ4v) is 2.00. The van der Waals surface area contributed by atoms with Crippen LogP contribution in [0, 0.1) is 0 Å². The number of halogens is 2. The van der Waals surface area contributed by atoms with Gasteiger partial charge in [-0.2, -0.15) is 0 Å². The Hall–Kier alpha value is -1.71. The van der Waals surface area contributed by atoms with Crippen molar-refractivity contribution in [1.29, 1.82) is 0 Å². The van der Waals surface area contributed by atoms with Gasteiger partial charge in [-0.15, -0.1) is 0 Å². The van der Waals surface area contributed by atoms with Crippen molar-refractivity contribution < 1.29 is 14.4 Å². The van der Waals surface area contributed by atoms with Crippen molar-refractivity contribution in [2.75, 3.05) is 0 Å². The first kappa shape index (κ1) is 12.7. The Morgan fingerprint density at radius 2 is 1.78 bits per heavy atom. The molecule has 0 saturated heterocycles. The number of Topliss-reactive ketones (excluding diaryl/α,β-unsaturated/α-hetero) is 1. The molecule has 1 aliphatic rings. The number of carbonyl (C=O) groups excluding carboxylic acids is 3. The molecule has 1 aromatic carbocycles. The molecule has 3 nitrogen and oxygen atoms in total. The maximum atomic E-state index is 12.1. The minimum Gasteiger partial charge on any atom is -0.290 e. The quantitative estimate of drug-likeness (QED) is 0.476. The van der Waals surface area contributed by atoms with Crippen LogP contribution < -0.4 is 0 Å². The number of rotatable bonds is 2. The summed E-state index contributed by atoms with van der Waals surface area (Å²) in [4.78, 5) is 34.8. The summed E-state index contributed by atoms with van der Waals surface area (Å²) in [7, 11) is 0.